The first-order valence-electron chi connectivity index (χ1n) is 11.0. The lowest BCUT2D eigenvalue weighted by Gasteiger charge is -2.36. The summed E-state index contributed by atoms with van der Waals surface area (Å²) in [4.78, 5) is 14.5. The van der Waals surface area contributed by atoms with E-state index in [-0.39, 0.29) is 0 Å². The maximum absolute atomic E-state index is 5.56. The molecule has 3 fully saturated rings. The number of nitrogens with zero attached hydrogens (tertiary/aromatic N) is 4. The van der Waals surface area contributed by atoms with Gasteiger partial charge in [0.2, 0.25) is 5.95 Å². The van der Waals surface area contributed by atoms with E-state index in [1.54, 1.807) is 0 Å². The molecule has 6 nitrogen and oxygen atoms in total. The maximum atomic E-state index is 5.56. The van der Waals surface area contributed by atoms with E-state index in [0.717, 1.165) is 37.8 Å². The standard InChI is InChI=1S/C21H34N6S/c1-15-11-16(2)14-27(13-15)19-12-18(26-9-5-6-10-26)23-20(24-19)25-21(28)22-17-7-3-4-8-17/h12,15-17H,3-11,13-14H2,1-2H3,(H2,22,23,24,25,28)/t15-,16-/m0/s1. The first-order valence-corrected chi connectivity index (χ1v) is 11.4. The molecule has 2 N–H and O–H groups in total. The molecule has 0 aromatic carbocycles. The molecular formula is C21H34N6S. The van der Waals surface area contributed by atoms with Crippen LogP contribution >= 0.6 is 12.2 Å². The zero-order valence-electron chi connectivity index (χ0n) is 17.3. The molecule has 0 spiro atoms. The number of hydrogen-bond acceptors (Lipinski definition) is 5. The van der Waals surface area contributed by atoms with Gasteiger partial charge in [0.05, 0.1) is 0 Å². The molecule has 0 radical (unpaired) electrons. The van der Waals surface area contributed by atoms with Crippen LogP contribution in [-0.2, 0) is 0 Å². The molecule has 0 unspecified atom stereocenters. The Morgan fingerprint density at radius 1 is 0.964 bits per heavy atom. The van der Waals surface area contributed by atoms with Gasteiger partial charge in [0.1, 0.15) is 11.6 Å². The minimum atomic E-state index is 0.491. The number of nitrogens with one attached hydrogen (secondary N) is 2. The van der Waals surface area contributed by atoms with Gasteiger partial charge >= 0.3 is 0 Å². The van der Waals surface area contributed by atoms with Crippen LogP contribution in [0.1, 0.15) is 58.8 Å². The van der Waals surface area contributed by atoms with E-state index < -0.39 is 0 Å². The second-order valence-corrected chi connectivity index (χ2v) is 9.44. The van der Waals surface area contributed by atoms with Crippen LogP contribution in [0.15, 0.2) is 6.07 Å². The highest BCUT2D eigenvalue weighted by Gasteiger charge is 2.25. The molecule has 1 aromatic rings. The molecule has 0 bridgehead atoms. The van der Waals surface area contributed by atoms with Gasteiger partial charge < -0.3 is 20.4 Å². The number of aromatic nitrogens is 2. The van der Waals surface area contributed by atoms with Crippen LogP contribution in [0.4, 0.5) is 17.6 Å². The summed E-state index contributed by atoms with van der Waals surface area (Å²) < 4.78 is 0. The van der Waals surface area contributed by atoms with Crippen molar-refractivity contribution in [3.8, 4) is 0 Å². The fourth-order valence-corrected chi connectivity index (χ4v) is 5.25. The Labute approximate surface area is 174 Å². The molecule has 7 heteroatoms. The summed E-state index contributed by atoms with van der Waals surface area (Å²) in [6.45, 7) is 8.95. The van der Waals surface area contributed by atoms with Crippen molar-refractivity contribution < 1.29 is 0 Å². The largest absolute Gasteiger partial charge is 0.360 e. The molecule has 28 heavy (non-hydrogen) atoms. The number of anilines is 3. The van der Waals surface area contributed by atoms with Gasteiger partial charge in [0, 0.05) is 38.3 Å². The van der Waals surface area contributed by atoms with Crippen LogP contribution in [0.5, 0.6) is 0 Å². The van der Waals surface area contributed by atoms with E-state index in [1.165, 1.54) is 44.9 Å². The monoisotopic (exact) mass is 402 g/mol. The zero-order chi connectivity index (χ0) is 19.5. The van der Waals surface area contributed by atoms with Crippen molar-refractivity contribution in [3.63, 3.8) is 0 Å². The van der Waals surface area contributed by atoms with Gasteiger partial charge in [0.25, 0.3) is 0 Å². The number of hydrogen-bond donors (Lipinski definition) is 2. The van der Waals surface area contributed by atoms with Crippen LogP contribution < -0.4 is 20.4 Å². The first kappa shape index (κ1) is 19.7. The van der Waals surface area contributed by atoms with E-state index in [2.05, 4.69) is 40.3 Å². The molecule has 2 saturated heterocycles. The van der Waals surface area contributed by atoms with E-state index in [4.69, 9.17) is 22.2 Å². The quantitative estimate of drug-likeness (QED) is 0.743. The fraction of sp³-hybridized carbons (Fsp3) is 0.762. The Balaban J connectivity index is 1.54. The third-order valence-corrected chi connectivity index (χ3v) is 6.46. The lowest BCUT2D eigenvalue weighted by molar-refractivity contribution is 0.355. The smallest absolute Gasteiger partial charge is 0.232 e. The van der Waals surface area contributed by atoms with Crippen molar-refractivity contribution in [1.29, 1.82) is 0 Å². The number of rotatable bonds is 4. The van der Waals surface area contributed by atoms with Crippen molar-refractivity contribution >= 4 is 34.9 Å². The molecule has 2 aliphatic heterocycles. The van der Waals surface area contributed by atoms with Crippen LogP contribution in [0, 0.1) is 11.8 Å². The minimum absolute atomic E-state index is 0.491. The summed E-state index contributed by atoms with van der Waals surface area (Å²) in [7, 11) is 0. The van der Waals surface area contributed by atoms with Crippen molar-refractivity contribution in [3.05, 3.63) is 6.07 Å². The number of piperidine rings is 1. The molecule has 3 heterocycles. The van der Waals surface area contributed by atoms with E-state index in [0.29, 0.717) is 28.9 Å². The van der Waals surface area contributed by atoms with Crippen LogP contribution in [0.3, 0.4) is 0 Å². The molecule has 2 atom stereocenters. The molecule has 1 aliphatic carbocycles. The highest BCUT2D eigenvalue weighted by Crippen LogP contribution is 2.29. The Kier molecular flexibility index (Phi) is 6.19. The van der Waals surface area contributed by atoms with E-state index in [1.807, 2.05) is 0 Å². The summed E-state index contributed by atoms with van der Waals surface area (Å²) >= 11 is 5.56. The lowest BCUT2D eigenvalue weighted by Crippen LogP contribution is -2.40. The Hall–Kier alpha value is -1.63. The summed E-state index contributed by atoms with van der Waals surface area (Å²) in [5, 5.41) is 7.37. The van der Waals surface area contributed by atoms with Crippen LogP contribution in [0.25, 0.3) is 0 Å². The third-order valence-electron chi connectivity index (χ3n) is 6.24. The van der Waals surface area contributed by atoms with Crippen molar-refractivity contribution in [2.75, 3.05) is 41.3 Å². The van der Waals surface area contributed by atoms with Crippen LogP contribution in [0.2, 0.25) is 0 Å². The van der Waals surface area contributed by atoms with Gasteiger partial charge in [-0.3, -0.25) is 0 Å². The van der Waals surface area contributed by atoms with Crippen molar-refractivity contribution in [2.24, 2.45) is 11.8 Å². The molecule has 1 saturated carbocycles. The van der Waals surface area contributed by atoms with Gasteiger partial charge in [-0.2, -0.15) is 9.97 Å². The topological polar surface area (TPSA) is 56.3 Å². The summed E-state index contributed by atoms with van der Waals surface area (Å²) in [5.74, 6) is 4.06. The van der Waals surface area contributed by atoms with E-state index in [9.17, 15) is 0 Å². The molecule has 3 aliphatic rings. The average Bonchev–Trinajstić information content (AvgIpc) is 3.34. The van der Waals surface area contributed by atoms with Crippen molar-refractivity contribution in [1.82, 2.24) is 15.3 Å². The molecule has 4 rings (SSSR count). The third kappa shape index (κ3) is 4.85. The van der Waals surface area contributed by atoms with Crippen LogP contribution in [-0.4, -0.2) is 47.3 Å². The van der Waals surface area contributed by atoms with Crippen molar-refractivity contribution in [2.45, 2.75) is 64.8 Å². The normalized spacial score (nSPS) is 25.9. The Bertz CT molecular complexity index is 673. The Morgan fingerprint density at radius 3 is 2.21 bits per heavy atom. The Morgan fingerprint density at radius 2 is 1.57 bits per heavy atom. The zero-order valence-corrected chi connectivity index (χ0v) is 18.1. The predicted molar refractivity (Wildman–Crippen MR) is 120 cm³/mol. The first-order chi connectivity index (χ1) is 13.6. The lowest BCUT2D eigenvalue weighted by atomic mass is 9.92. The summed E-state index contributed by atoms with van der Waals surface area (Å²) in [5.41, 5.74) is 0. The minimum Gasteiger partial charge on any atom is -0.360 e. The summed E-state index contributed by atoms with van der Waals surface area (Å²) in [6.07, 6.45) is 8.74. The SMILES string of the molecule is C[C@H]1C[C@H](C)CN(c2cc(N3CCCC3)nc(NC(=S)NC3CCCC3)n2)C1. The highest BCUT2D eigenvalue weighted by atomic mass is 32.1. The predicted octanol–water partition coefficient (Wildman–Crippen LogP) is 3.79. The second kappa shape index (κ2) is 8.80. The second-order valence-electron chi connectivity index (χ2n) is 9.03. The number of thiocarbonyl (C=S) groups is 1. The average molecular weight is 403 g/mol. The maximum Gasteiger partial charge on any atom is 0.232 e. The van der Waals surface area contributed by atoms with Gasteiger partial charge in [0.15, 0.2) is 5.11 Å². The molecular weight excluding hydrogens is 368 g/mol. The summed E-state index contributed by atoms with van der Waals surface area (Å²) in [6, 6.07) is 2.67. The molecule has 154 valence electrons. The van der Waals surface area contributed by atoms with Gasteiger partial charge in [-0.05, 0) is 56.2 Å². The van der Waals surface area contributed by atoms with Gasteiger partial charge in [-0.1, -0.05) is 26.7 Å². The van der Waals surface area contributed by atoms with E-state index >= 15 is 0 Å². The fourth-order valence-electron chi connectivity index (χ4n) is 4.99. The van der Waals surface area contributed by atoms with Gasteiger partial charge in [-0.25, -0.2) is 0 Å². The van der Waals surface area contributed by atoms with Gasteiger partial charge in [-0.15, -0.1) is 0 Å². The molecule has 1 aromatic heterocycles. The molecule has 0 amide bonds. The highest BCUT2D eigenvalue weighted by molar-refractivity contribution is 7.80.